The minimum absolute atomic E-state index is 0. The van der Waals surface area contributed by atoms with Gasteiger partial charge in [-0.2, -0.15) is 0 Å². The first-order valence-electron chi connectivity index (χ1n) is 11.0. The molecule has 0 aromatic rings. The Hall–Kier alpha value is -1.12. The number of piperidine rings is 1. The Bertz CT molecular complexity index is 531. The number of hydrogen-bond acceptors (Lipinski definition) is 5. The van der Waals surface area contributed by atoms with Crippen molar-refractivity contribution < 1.29 is 29.3 Å². The summed E-state index contributed by atoms with van der Waals surface area (Å²) in [5.74, 6) is -4.56. The number of nitrogens with zero attached hydrogens (tertiary/aromatic N) is 1. The van der Waals surface area contributed by atoms with Gasteiger partial charge in [0.1, 0.15) is 11.7 Å². The molecule has 1 unspecified atom stereocenters. The van der Waals surface area contributed by atoms with Crippen LogP contribution >= 0.6 is 0 Å². The van der Waals surface area contributed by atoms with Gasteiger partial charge < -0.3 is 14.8 Å². The molecule has 1 saturated carbocycles. The first-order chi connectivity index (χ1) is 13.9. The third kappa shape index (κ3) is 7.26. The normalized spacial score (nSPS) is 27.5. The lowest BCUT2D eigenvalue weighted by atomic mass is 9.81. The molecule has 1 aliphatic carbocycles. The van der Waals surface area contributed by atoms with Crippen molar-refractivity contribution in [3.05, 3.63) is 0 Å². The van der Waals surface area contributed by atoms with Gasteiger partial charge in [-0.3, -0.25) is 14.5 Å². The quantitative estimate of drug-likeness (QED) is 0.521. The molecule has 1 amide bonds. The van der Waals surface area contributed by atoms with E-state index >= 15 is 0 Å². The second-order valence-electron chi connectivity index (χ2n) is 8.00. The van der Waals surface area contributed by atoms with Gasteiger partial charge in [0.2, 0.25) is 5.91 Å². The van der Waals surface area contributed by atoms with Gasteiger partial charge in [-0.15, -0.1) is 0 Å². The van der Waals surface area contributed by atoms with Crippen LogP contribution in [0.3, 0.4) is 0 Å². The highest BCUT2D eigenvalue weighted by atomic mass is 19.3. The van der Waals surface area contributed by atoms with Gasteiger partial charge in [0, 0.05) is 33.0 Å². The standard InChI is InChI=1S/C21H36F2N2O4.H2/c1-3-19(26)16-5-7-17(8-6-16)25-11-9-18(21(22,23)15-25)20(27)24-10-12-29-14-13-28-4-2;/h16-18H,3-15H2,1-2H3,(H,24,27);1H. The van der Waals surface area contributed by atoms with Crippen LogP contribution in [0.15, 0.2) is 0 Å². The number of hydrogen-bond donors (Lipinski definition) is 1. The van der Waals surface area contributed by atoms with E-state index in [4.69, 9.17) is 9.47 Å². The lowest BCUT2D eigenvalue weighted by molar-refractivity contribution is -0.155. The molecule has 1 saturated heterocycles. The molecule has 2 rings (SSSR count). The molecule has 0 aromatic carbocycles. The number of carbonyl (C=O) groups excluding carboxylic acids is 2. The van der Waals surface area contributed by atoms with Crippen LogP contribution in [0.25, 0.3) is 0 Å². The van der Waals surface area contributed by atoms with Gasteiger partial charge in [-0.1, -0.05) is 6.92 Å². The maximum Gasteiger partial charge on any atom is 0.272 e. The predicted molar refractivity (Wildman–Crippen MR) is 108 cm³/mol. The Kier molecular flexibility index (Phi) is 9.92. The van der Waals surface area contributed by atoms with Gasteiger partial charge in [-0.05, 0) is 45.6 Å². The maximum absolute atomic E-state index is 14.7. The van der Waals surface area contributed by atoms with E-state index in [1.807, 2.05) is 18.7 Å². The maximum atomic E-state index is 14.7. The summed E-state index contributed by atoms with van der Waals surface area (Å²) in [5, 5.41) is 2.58. The van der Waals surface area contributed by atoms with Crippen molar-refractivity contribution in [1.82, 2.24) is 10.2 Å². The van der Waals surface area contributed by atoms with Gasteiger partial charge >= 0.3 is 0 Å². The van der Waals surface area contributed by atoms with Gasteiger partial charge in [0.05, 0.1) is 26.4 Å². The lowest BCUT2D eigenvalue weighted by Gasteiger charge is -2.43. The van der Waals surface area contributed by atoms with Crippen LogP contribution in [0.2, 0.25) is 0 Å². The van der Waals surface area contributed by atoms with Crippen LogP contribution in [0.4, 0.5) is 8.78 Å². The van der Waals surface area contributed by atoms with Crippen LogP contribution in [0.5, 0.6) is 0 Å². The highest BCUT2D eigenvalue weighted by molar-refractivity contribution is 5.80. The average molecular weight is 421 g/mol. The largest absolute Gasteiger partial charge is 0.379 e. The summed E-state index contributed by atoms with van der Waals surface area (Å²) < 4.78 is 39.8. The first kappa shape index (κ1) is 24.2. The summed E-state index contributed by atoms with van der Waals surface area (Å²) >= 11 is 0. The minimum atomic E-state index is -3.05. The van der Waals surface area contributed by atoms with Crippen LogP contribution in [0.1, 0.15) is 53.8 Å². The number of alkyl halides is 2. The monoisotopic (exact) mass is 420 g/mol. The highest BCUT2D eigenvalue weighted by Crippen LogP contribution is 2.37. The van der Waals surface area contributed by atoms with Crippen molar-refractivity contribution in [1.29, 1.82) is 0 Å². The van der Waals surface area contributed by atoms with E-state index in [1.165, 1.54) is 0 Å². The molecule has 1 atom stereocenters. The molecule has 170 valence electrons. The van der Waals surface area contributed by atoms with Crippen LogP contribution in [-0.4, -0.2) is 74.6 Å². The van der Waals surface area contributed by atoms with E-state index in [1.54, 1.807) is 0 Å². The Morgan fingerprint density at radius 1 is 1.07 bits per heavy atom. The molecule has 1 aliphatic heterocycles. The summed E-state index contributed by atoms with van der Waals surface area (Å²) in [6.45, 7) is 5.90. The summed E-state index contributed by atoms with van der Waals surface area (Å²) in [6.07, 6.45) is 3.83. The van der Waals surface area contributed by atoms with E-state index in [0.29, 0.717) is 32.8 Å². The fraction of sp³-hybridized carbons (Fsp3) is 0.905. The summed E-state index contributed by atoms with van der Waals surface area (Å²) in [4.78, 5) is 25.9. The molecule has 2 fully saturated rings. The predicted octanol–water partition coefficient (Wildman–Crippen LogP) is 2.90. The van der Waals surface area contributed by atoms with Crippen LogP contribution < -0.4 is 5.32 Å². The number of amides is 1. The Balaban J connectivity index is 0.00000450. The number of Topliss-reactive ketones (excluding diaryl/α,β-unsaturated/α-hetero) is 1. The van der Waals surface area contributed by atoms with E-state index in [0.717, 1.165) is 25.7 Å². The number of ketones is 1. The number of likely N-dealkylation sites (tertiary alicyclic amines) is 1. The zero-order valence-corrected chi connectivity index (χ0v) is 17.8. The fourth-order valence-electron chi connectivity index (χ4n) is 4.39. The number of nitrogens with one attached hydrogen (secondary N) is 1. The second kappa shape index (κ2) is 11.9. The number of rotatable bonds is 11. The SMILES string of the molecule is CCOCCOCCNC(=O)C1CCN(C2CCC(C(=O)CC)CC2)CC1(F)F.[HH]. The molecule has 0 aromatic heterocycles. The molecular formula is C21H38F2N2O4. The Labute approximate surface area is 174 Å². The highest BCUT2D eigenvalue weighted by Gasteiger charge is 2.49. The van der Waals surface area contributed by atoms with Gasteiger partial charge in [-0.25, -0.2) is 8.78 Å². The molecule has 29 heavy (non-hydrogen) atoms. The molecule has 0 bridgehead atoms. The molecule has 1 N–H and O–H groups in total. The second-order valence-corrected chi connectivity index (χ2v) is 8.00. The number of halogens is 2. The zero-order chi connectivity index (χ0) is 21.3. The molecule has 8 heteroatoms. The number of carbonyl (C=O) groups is 2. The fourth-order valence-corrected chi connectivity index (χ4v) is 4.39. The summed E-state index contributed by atoms with van der Waals surface area (Å²) in [5.41, 5.74) is 0. The smallest absolute Gasteiger partial charge is 0.272 e. The Morgan fingerprint density at radius 3 is 2.38 bits per heavy atom. The molecule has 2 aliphatic rings. The van der Waals surface area contributed by atoms with Crippen molar-refractivity contribution >= 4 is 11.7 Å². The van der Waals surface area contributed by atoms with Gasteiger partial charge in [0.15, 0.2) is 0 Å². The zero-order valence-electron chi connectivity index (χ0n) is 17.8. The van der Waals surface area contributed by atoms with Gasteiger partial charge in [0.25, 0.3) is 5.92 Å². The molecule has 6 nitrogen and oxygen atoms in total. The minimum Gasteiger partial charge on any atom is -0.379 e. The topological polar surface area (TPSA) is 67.9 Å². The molecule has 0 spiro atoms. The van der Waals surface area contributed by atoms with E-state index in [-0.39, 0.29) is 45.3 Å². The third-order valence-corrected chi connectivity index (χ3v) is 6.08. The van der Waals surface area contributed by atoms with E-state index in [2.05, 4.69) is 5.32 Å². The Morgan fingerprint density at radius 2 is 1.76 bits per heavy atom. The van der Waals surface area contributed by atoms with Crippen molar-refractivity contribution in [2.24, 2.45) is 11.8 Å². The van der Waals surface area contributed by atoms with Crippen molar-refractivity contribution in [2.75, 3.05) is 46.1 Å². The van der Waals surface area contributed by atoms with Crippen molar-refractivity contribution in [3.8, 4) is 0 Å². The van der Waals surface area contributed by atoms with E-state index < -0.39 is 17.7 Å². The molecule has 1 heterocycles. The van der Waals surface area contributed by atoms with Crippen LogP contribution in [-0.2, 0) is 19.1 Å². The number of ether oxygens (including phenoxy) is 2. The van der Waals surface area contributed by atoms with E-state index in [9.17, 15) is 18.4 Å². The molecular weight excluding hydrogens is 382 g/mol. The first-order valence-corrected chi connectivity index (χ1v) is 11.0. The summed E-state index contributed by atoms with van der Waals surface area (Å²) in [6, 6.07) is 0.0875. The summed E-state index contributed by atoms with van der Waals surface area (Å²) in [7, 11) is 0. The average Bonchev–Trinajstić information content (AvgIpc) is 2.71. The lowest BCUT2D eigenvalue weighted by Crippen LogP contribution is -2.56. The molecule has 0 radical (unpaired) electrons. The van der Waals surface area contributed by atoms with Crippen molar-refractivity contribution in [2.45, 2.75) is 64.3 Å². The van der Waals surface area contributed by atoms with Crippen molar-refractivity contribution in [3.63, 3.8) is 0 Å². The third-order valence-electron chi connectivity index (χ3n) is 6.08. The van der Waals surface area contributed by atoms with Crippen LogP contribution in [0, 0.1) is 11.8 Å².